The number of hydrogen-bond donors (Lipinski definition) is 1. The molecule has 0 amide bonds. The molecule has 0 aliphatic heterocycles. The average molecular weight is 372 g/mol. The first-order valence-corrected chi connectivity index (χ1v) is 9.76. The second kappa shape index (κ2) is 10.1. The molecule has 0 radical (unpaired) electrons. The van der Waals surface area contributed by atoms with Gasteiger partial charge in [-0.05, 0) is 42.5 Å². The molecule has 6 heteroatoms. The van der Waals surface area contributed by atoms with Crippen LogP contribution in [0, 0.1) is 0 Å². The van der Waals surface area contributed by atoms with E-state index in [-0.39, 0.29) is 6.42 Å². The highest BCUT2D eigenvalue weighted by Crippen LogP contribution is 2.24. The summed E-state index contributed by atoms with van der Waals surface area (Å²) in [4.78, 5) is 10.9. The molecule has 0 unspecified atom stereocenters. The second-order valence-corrected chi connectivity index (χ2v) is 7.02. The van der Waals surface area contributed by atoms with E-state index in [2.05, 4.69) is 5.10 Å². The molecule has 1 N–H and O–H groups in total. The first-order chi connectivity index (χ1) is 13.2. The van der Waals surface area contributed by atoms with E-state index in [1.165, 1.54) is 19.3 Å². The van der Waals surface area contributed by atoms with Crippen LogP contribution in [0.4, 0.5) is 0 Å². The van der Waals surface area contributed by atoms with Gasteiger partial charge < -0.3 is 14.6 Å². The van der Waals surface area contributed by atoms with E-state index >= 15 is 0 Å². The minimum Gasteiger partial charge on any atom is -0.491 e. The summed E-state index contributed by atoms with van der Waals surface area (Å²) in [6.45, 7) is 1.69. The van der Waals surface area contributed by atoms with Crippen LogP contribution in [-0.4, -0.2) is 40.2 Å². The Kier molecular flexibility index (Phi) is 7.27. The topological polar surface area (TPSA) is 73.6 Å². The van der Waals surface area contributed by atoms with Crippen LogP contribution in [-0.2, 0) is 22.5 Å². The minimum absolute atomic E-state index is 0.0907. The van der Waals surface area contributed by atoms with Crippen LogP contribution < -0.4 is 4.74 Å². The van der Waals surface area contributed by atoms with Crippen LogP contribution in [0.3, 0.4) is 0 Å². The molecule has 1 heterocycles. The Morgan fingerprint density at radius 1 is 1.22 bits per heavy atom. The number of carboxylic acids is 1. The fraction of sp³-hybridized carbons (Fsp3) is 0.524. The Hall–Kier alpha value is -2.34. The van der Waals surface area contributed by atoms with E-state index in [1.807, 2.05) is 35.1 Å². The van der Waals surface area contributed by atoms with Gasteiger partial charge in [0.1, 0.15) is 12.4 Å². The summed E-state index contributed by atoms with van der Waals surface area (Å²) in [5, 5.41) is 13.2. The number of carboxylic acid groups (broad SMARTS) is 1. The first kappa shape index (κ1) is 19.4. The zero-order valence-corrected chi connectivity index (χ0v) is 15.7. The molecule has 2 aromatic rings. The van der Waals surface area contributed by atoms with Crippen LogP contribution >= 0.6 is 0 Å². The van der Waals surface area contributed by atoms with Gasteiger partial charge in [0.05, 0.1) is 19.3 Å². The zero-order chi connectivity index (χ0) is 18.9. The van der Waals surface area contributed by atoms with Crippen LogP contribution in [0.2, 0.25) is 0 Å². The zero-order valence-electron chi connectivity index (χ0n) is 15.7. The van der Waals surface area contributed by atoms with Crippen LogP contribution in [0.15, 0.2) is 36.7 Å². The third-order valence-electron chi connectivity index (χ3n) is 4.89. The van der Waals surface area contributed by atoms with Gasteiger partial charge >= 0.3 is 5.97 Å². The molecule has 1 aromatic carbocycles. The van der Waals surface area contributed by atoms with Gasteiger partial charge in [-0.15, -0.1) is 0 Å². The summed E-state index contributed by atoms with van der Waals surface area (Å²) in [5.74, 6) is -0.0599. The normalized spacial score (nSPS) is 15.0. The van der Waals surface area contributed by atoms with E-state index < -0.39 is 5.97 Å². The Bertz CT molecular complexity index is 709. The largest absolute Gasteiger partial charge is 0.491 e. The van der Waals surface area contributed by atoms with Gasteiger partial charge in [0, 0.05) is 18.8 Å². The van der Waals surface area contributed by atoms with Crippen molar-refractivity contribution in [2.75, 3.05) is 13.2 Å². The van der Waals surface area contributed by atoms with Crippen molar-refractivity contribution in [2.24, 2.45) is 0 Å². The highest BCUT2D eigenvalue weighted by molar-refractivity contribution is 5.67. The van der Waals surface area contributed by atoms with E-state index in [0.717, 1.165) is 29.7 Å². The highest BCUT2D eigenvalue weighted by Gasteiger charge is 2.14. The number of aryl methyl sites for hydroxylation is 1. The molecule has 0 bridgehead atoms. The standard InChI is InChI=1S/C21H28N2O4/c24-21(25)10-9-18-8-7-17(16-23-12-4-11-22-23)15-20(18)27-14-13-26-19-5-2-1-3-6-19/h4,7-8,11-12,15,19H,1-3,5-6,9-10,13-14,16H2,(H,24,25). The van der Waals surface area contributed by atoms with Crippen molar-refractivity contribution in [1.29, 1.82) is 0 Å². The maximum Gasteiger partial charge on any atom is 0.303 e. The Morgan fingerprint density at radius 2 is 2.07 bits per heavy atom. The molecule has 0 spiro atoms. The predicted molar refractivity (Wildman–Crippen MR) is 102 cm³/mol. The van der Waals surface area contributed by atoms with Gasteiger partial charge in [0.25, 0.3) is 0 Å². The predicted octanol–water partition coefficient (Wildman–Crippen LogP) is 3.68. The van der Waals surface area contributed by atoms with Crippen molar-refractivity contribution in [1.82, 2.24) is 9.78 Å². The number of nitrogens with zero attached hydrogens (tertiary/aromatic N) is 2. The quantitative estimate of drug-likeness (QED) is 0.644. The SMILES string of the molecule is O=C(O)CCc1ccc(Cn2cccn2)cc1OCCOC1CCCCC1. The van der Waals surface area contributed by atoms with E-state index in [9.17, 15) is 4.79 Å². The molecule has 3 rings (SSSR count). The highest BCUT2D eigenvalue weighted by atomic mass is 16.5. The summed E-state index contributed by atoms with van der Waals surface area (Å²) in [7, 11) is 0. The van der Waals surface area contributed by atoms with E-state index in [4.69, 9.17) is 14.6 Å². The van der Waals surface area contributed by atoms with E-state index in [0.29, 0.717) is 32.3 Å². The van der Waals surface area contributed by atoms with Crippen LogP contribution in [0.5, 0.6) is 5.75 Å². The molecule has 1 aromatic heterocycles. The number of hydrogen-bond acceptors (Lipinski definition) is 4. The van der Waals surface area contributed by atoms with Gasteiger partial charge in [-0.1, -0.05) is 31.4 Å². The minimum atomic E-state index is -0.804. The van der Waals surface area contributed by atoms with Crippen molar-refractivity contribution in [3.8, 4) is 5.75 Å². The average Bonchev–Trinajstić information content (AvgIpc) is 3.18. The summed E-state index contributed by atoms with van der Waals surface area (Å²) in [6.07, 6.45) is 10.7. The number of rotatable bonds is 10. The molecule has 1 fully saturated rings. The van der Waals surface area contributed by atoms with Gasteiger partial charge in [-0.2, -0.15) is 5.10 Å². The molecule has 27 heavy (non-hydrogen) atoms. The fourth-order valence-electron chi connectivity index (χ4n) is 3.46. The lowest BCUT2D eigenvalue weighted by atomic mass is 9.98. The lowest BCUT2D eigenvalue weighted by Crippen LogP contribution is -2.20. The Balaban J connectivity index is 1.58. The number of carbonyl (C=O) groups is 1. The fourth-order valence-corrected chi connectivity index (χ4v) is 3.46. The van der Waals surface area contributed by atoms with Crippen LogP contribution in [0.1, 0.15) is 49.7 Å². The maximum atomic E-state index is 10.9. The lowest BCUT2D eigenvalue weighted by molar-refractivity contribution is -0.136. The molecule has 146 valence electrons. The molecule has 0 saturated heterocycles. The number of aromatic nitrogens is 2. The van der Waals surface area contributed by atoms with Crippen molar-refractivity contribution in [2.45, 2.75) is 57.6 Å². The van der Waals surface area contributed by atoms with Crippen molar-refractivity contribution in [3.05, 3.63) is 47.8 Å². The number of benzene rings is 1. The van der Waals surface area contributed by atoms with E-state index in [1.54, 1.807) is 6.20 Å². The maximum absolute atomic E-state index is 10.9. The number of aliphatic carboxylic acids is 1. The monoisotopic (exact) mass is 372 g/mol. The summed E-state index contributed by atoms with van der Waals surface area (Å²) >= 11 is 0. The summed E-state index contributed by atoms with van der Waals surface area (Å²) < 4.78 is 13.7. The lowest BCUT2D eigenvalue weighted by Gasteiger charge is -2.22. The molecule has 6 nitrogen and oxygen atoms in total. The van der Waals surface area contributed by atoms with Gasteiger partial charge in [0.15, 0.2) is 0 Å². The molecular formula is C21H28N2O4. The summed E-state index contributed by atoms with van der Waals surface area (Å²) in [6, 6.07) is 7.84. The van der Waals surface area contributed by atoms with Crippen molar-refractivity contribution in [3.63, 3.8) is 0 Å². The van der Waals surface area contributed by atoms with Crippen LogP contribution in [0.25, 0.3) is 0 Å². The molecule has 1 aliphatic carbocycles. The van der Waals surface area contributed by atoms with Crippen molar-refractivity contribution >= 4 is 5.97 Å². The molecule has 0 atom stereocenters. The Morgan fingerprint density at radius 3 is 2.81 bits per heavy atom. The third-order valence-corrected chi connectivity index (χ3v) is 4.89. The summed E-state index contributed by atoms with van der Waals surface area (Å²) in [5.41, 5.74) is 1.99. The first-order valence-electron chi connectivity index (χ1n) is 9.76. The third kappa shape index (κ3) is 6.40. The Labute approximate surface area is 160 Å². The van der Waals surface area contributed by atoms with Gasteiger partial charge in [-0.3, -0.25) is 9.48 Å². The van der Waals surface area contributed by atoms with Gasteiger partial charge in [0.2, 0.25) is 0 Å². The second-order valence-electron chi connectivity index (χ2n) is 7.02. The molecular weight excluding hydrogens is 344 g/mol. The van der Waals surface area contributed by atoms with Gasteiger partial charge in [-0.25, -0.2) is 0 Å². The molecule has 1 saturated carbocycles. The molecule has 1 aliphatic rings. The number of ether oxygens (including phenoxy) is 2. The smallest absolute Gasteiger partial charge is 0.303 e. The van der Waals surface area contributed by atoms with Crippen molar-refractivity contribution < 1.29 is 19.4 Å².